The molecule has 2 N–H and O–H groups in total. The van der Waals surface area contributed by atoms with Crippen molar-refractivity contribution in [2.45, 2.75) is 264 Å². The zero-order valence-corrected chi connectivity index (χ0v) is 38.9. The molecule has 9 heteroatoms. The summed E-state index contributed by atoms with van der Waals surface area (Å²) < 4.78 is 26.5. The van der Waals surface area contributed by atoms with Crippen molar-refractivity contribution in [2.24, 2.45) is 0 Å². The molecule has 0 amide bonds. The van der Waals surface area contributed by atoms with Crippen LogP contribution in [0.25, 0.3) is 0 Å². The predicted octanol–water partition coefficient (Wildman–Crippen LogP) is 15.5. The lowest BCUT2D eigenvalue weighted by molar-refractivity contribution is -0.161. The van der Waals surface area contributed by atoms with E-state index in [4.69, 9.17) is 19.3 Å². The zero-order valence-electron chi connectivity index (χ0n) is 38.0. The molecule has 342 valence electrons. The van der Waals surface area contributed by atoms with Crippen LogP contribution < -0.4 is 0 Å². The summed E-state index contributed by atoms with van der Waals surface area (Å²) in [5, 5.41) is 0. The van der Waals surface area contributed by atoms with Crippen LogP contribution in [0.1, 0.15) is 258 Å². The Labute approximate surface area is 358 Å². The Hall–Kier alpha value is -1.47. The number of esters is 2. The second-order valence-corrected chi connectivity index (χ2v) is 18.0. The number of rotatable bonds is 46. The number of carbonyl (C=O) groups excluding carboxylic acids is 2. The maximum absolute atomic E-state index is 12.4. The molecule has 0 aromatic rings. The third kappa shape index (κ3) is 47.2. The van der Waals surface area contributed by atoms with E-state index in [0.717, 1.165) is 57.8 Å². The van der Waals surface area contributed by atoms with Crippen molar-refractivity contribution >= 4 is 19.8 Å². The minimum absolute atomic E-state index is 0.199. The minimum Gasteiger partial charge on any atom is -0.462 e. The molecule has 0 spiro atoms. The number of phosphoric acid groups is 1. The summed E-state index contributed by atoms with van der Waals surface area (Å²) in [5.74, 6) is -0.887. The van der Waals surface area contributed by atoms with E-state index in [0.29, 0.717) is 6.42 Å². The van der Waals surface area contributed by atoms with Crippen molar-refractivity contribution in [3.63, 3.8) is 0 Å². The molecule has 0 saturated carbocycles. The largest absolute Gasteiger partial charge is 0.469 e. The first kappa shape index (κ1) is 56.5. The van der Waals surface area contributed by atoms with Gasteiger partial charge < -0.3 is 19.3 Å². The molecule has 0 aromatic carbocycles. The first-order valence-electron chi connectivity index (χ1n) is 24.6. The monoisotopic (exact) mass is 841 g/mol. The summed E-state index contributed by atoms with van der Waals surface area (Å²) in [6, 6.07) is 0. The third-order valence-electron chi connectivity index (χ3n) is 11.0. The predicted molar refractivity (Wildman–Crippen MR) is 244 cm³/mol. The molecule has 0 saturated heterocycles. The van der Waals surface area contributed by atoms with Gasteiger partial charge in [-0.2, -0.15) is 0 Å². The molecule has 0 aliphatic carbocycles. The summed E-state index contributed by atoms with van der Waals surface area (Å²) in [6.07, 6.45) is 53.4. The summed E-state index contributed by atoms with van der Waals surface area (Å²) in [4.78, 5) is 43.0. The van der Waals surface area contributed by atoms with E-state index in [1.807, 2.05) is 0 Å². The minimum atomic E-state index is -4.76. The van der Waals surface area contributed by atoms with E-state index in [1.165, 1.54) is 167 Å². The zero-order chi connectivity index (χ0) is 42.5. The van der Waals surface area contributed by atoms with Gasteiger partial charge in [0.25, 0.3) is 0 Å². The van der Waals surface area contributed by atoms with Gasteiger partial charge >= 0.3 is 19.8 Å². The van der Waals surface area contributed by atoms with Crippen molar-refractivity contribution in [3.05, 3.63) is 24.3 Å². The molecule has 8 nitrogen and oxygen atoms in total. The maximum Gasteiger partial charge on any atom is 0.469 e. The molecule has 0 heterocycles. The second-order valence-electron chi connectivity index (χ2n) is 16.8. The van der Waals surface area contributed by atoms with Gasteiger partial charge in [0.2, 0.25) is 0 Å². The Kier molecular flexibility index (Phi) is 43.9. The van der Waals surface area contributed by atoms with Gasteiger partial charge in [0.15, 0.2) is 6.10 Å². The molecule has 1 unspecified atom stereocenters. The molecule has 1 atom stereocenters. The average Bonchev–Trinajstić information content (AvgIpc) is 3.20. The van der Waals surface area contributed by atoms with Crippen molar-refractivity contribution in [3.8, 4) is 0 Å². The number of carbonyl (C=O) groups is 2. The van der Waals surface area contributed by atoms with Gasteiger partial charge in [-0.05, 0) is 44.9 Å². The Bertz CT molecular complexity index is 993. The van der Waals surface area contributed by atoms with Crippen LogP contribution in [0.5, 0.6) is 0 Å². The summed E-state index contributed by atoms with van der Waals surface area (Å²) in [7, 11) is -4.76. The second kappa shape index (κ2) is 45.1. The fourth-order valence-electron chi connectivity index (χ4n) is 7.29. The normalized spacial score (nSPS) is 12.6. The lowest BCUT2D eigenvalue weighted by atomic mass is 10.0. The lowest BCUT2D eigenvalue weighted by Gasteiger charge is -2.18. The summed E-state index contributed by atoms with van der Waals surface area (Å²) >= 11 is 0. The van der Waals surface area contributed by atoms with Crippen LogP contribution >= 0.6 is 7.82 Å². The Morgan fingerprint density at radius 1 is 0.448 bits per heavy atom. The van der Waals surface area contributed by atoms with Gasteiger partial charge in [-0.15, -0.1) is 0 Å². The first-order chi connectivity index (χ1) is 28.3. The van der Waals surface area contributed by atoms with Crippen molar-refractivity contribution in [1.82, 2.24) is 0 Å². The molecule has 0 aliphatic heterocycles. The average molecular weight is 841 g/mol. The van der Waals surface area contributed by atoms with E-state index in [9.17, 15) is 14.2 Å². The fraction of sp³-hybridized carbons (Fsp3) is 0.878. The number of allylic oxidation sites excluding steroid dienone is 4. The topological polar surface area (TPSA) is 119 Å². The van der Waals surface area contributed by atoms with E-state index in [1.54, 1.807) is 0 Å². The first-order valence-corrected chi connectivity index (χ1v) is 26.2. The smallest absolute Gasteiger partial charge is 0.462 e. The van der Waals surface area contributed by atoms with Crippen LogP contribution in [0, 0.1) is 0 Å². The van der Waals surface area contributed by atoms with Crippen LogP contribution in [-0.2, 0) is 28.2 Å². The number of phosphoric ester groups is 1. The Morgan fingerprint density at radius 3 is 1.16 bits per heavy atom. The van der Waals surface area contributed by atoms with Gasteiger partial charge in [0, 0.05) is 12.8 Å². The van der Waals surface area contributed by atoms with Crippen LogP contribution in [0.2, 0.25) is 0 Å². The van der Waals surface area contributed by atoms with E-state index < -0.39 is 32.5 Å². The highest BCUT2D eigenvalue weighted by Crippen LogP contribution is 2.36. The van der Waals surface area contributed by atoms with Gasteiger partial charge in [-0.25, -0.2) is 4.57 Å². The highest BCUT2D eigenvalue weighted by Gasteiger charge is 2.23. The number of hydrogen-bond donors (Lipinski definition) is 2. The van der Waals surface area contributed by atoms with Crippen LogP contribution in [0.15, 0.2) is 24.3 Å². The molecule has 0 fully saturated rings. The number of unbranched alkanes of at least 4 members (excludes halogenated alkanes) is 32. The van der Waals surface area contributed by atoms with Crippen LogP contribution in [0.3, 0.4) is 0 Å². The molecule has 0 rings (SSSR count). The number of ether oxygens (including phenoxy) is 2. The van der Waals surface area contributed by atoms with Gasteiger partial charge in [0.1, 0.15) is 6.61 Å². The van der Waals surface area contributed by atoms with E-state index in [2.05, 4.69) is 42.7 Å². The van der Waals surface area contributed by atoms with E-state index >= 15 is 0 Å². The van der Waals surface area contributed by atoms with Crippen molar-refractivity contribution in [2.75, 3.05) is 13.2 Å². The lowest BCUT2D eigenvalue weighted by Crippen LogP contribution is -2.29. The highest BCUT2D eigenvalue weighted by molar-refractivity contribution is 7.46. The van der Waals surface area contributed by atoms with Crippen molar-refractivity contribution in [1.29, 1.82) is 0 Å². The molecule has 0 radical (unpaired) electrons. The van der Waals surface area contributed by atoms with E-state index in [-0.39, 0.29) is 19.4 Å². The molecular formula is C49H93O8P. The van der Waals surface area contributed by atoms with Crippen LogP contribution in [0.4, 0.5) is 0 Å². The quantitative estimate of drug-likeness (QED) is 0.0269. The molecule has 0 bridgehead atoms. The standard InChI is InChI=1S/C49H93O8P/c1-3-5-7-9-11-13-15-17-19-21-22-23-24-25-26-27-28-30-31-33-35-37-39-41-43-48(50)55-45-47(46-56-58(52,53)54)57-49(51)44-42-40-38-36-34-32-29-20-18-16-14-12-10-8-6-4-2/h14,16,20,29,47H,3-13,15,17-19,21-28,30-46H2,1-2H3,(H2,52,53,54)/b16-14-,29-20-. The third-order valence-corrected chi connectivity index (χ3v) is 11.5. The summed E-state index contributed by atoms with van der Waals surface area (Å²) in [5.41, 5.74) is 0. The number of hydrogen-bond acceptors (Lipinski definition) is 6. The van der Waals surface area contributed by atoms with Gasteiger partial charge in [-0.1, -0.05) is 224 Å². The van der Waals surface area contributed by atoms with Crippen LogP contribution in [-0.4, -0.2) is 41.0 Å². The molecular weight excluding hydrogens is 748 g/mol. The Morgan fingerprint density at radius 2 is 0.776 bits per heavy atom. The SMILES string of the molecule is CCCCCC/C=C\C/C=C\CCCCCCCC(=O)OC(COC(=O)CCCCCCCCCCCCCCCCCCCCCCCCCC)COP(=O)(O)O. The van der Waals surface area contributed by atoms with Crippen molar-refractivity contribution < 1.29 is 37.9 Å². The fourth-order valence-corrected chi connectivity index (χ4v) is 7.65. The Balaban J connectivity index is 3.78. The van der Waals surface area contributed by atoms with Gasteiger partial charge in [0.05, 0.1) is 6.61 Å². The molecule has 0 aliphatic rings. The van der Waals surface area contributed by atoms with Gasteiger partial charge in [-0.3, -0.25) is 14.1 Å². The summed E-state index contributed by atoms with van der Waals surface area (Å²) in [6.45, 7) is 3.70. The highest BCUT2D eigenvalue weighted by atomic mass is 31.2. The molecule has 0 aromatic heterocycles. The molecule has 58 heavy (non-hydrogen) atoms. The maximum atomic E-state index is 12.4.